The number of anilines is 2. The molecule has 0 saturated carbocycles. The number of nitrogens with one attached hydrogen (secondary N) is 1. The molecule has 0 atom stereocenters. The van der Waals surface area contributed by atoms with Gasteiger partial charge in [-0.05, 0) is 38.1 Å². The first-order chi connectivity index (χ1) is 12.2. The van der Waals surface area contributed by atoms with Crippen molar-refractivity contribution >= 4 is 29.6 Å². The molecule has 0 fully saturated rings. The molecule has 4 rings (SSSR count). The molecule has 132 valence electrons. The highest BCUT2D eigenvalue weighted by Gasteiger charge is 2.26. The largest absolute Gasteiger partial charge is 0.259 e. The van der Waals surface area contributed by atoms with Gasteiger partial charge in [-0.15, -0.1) is 17.5 Å². The van der Waals surface area contributed by atoms with Crippen molar-refractivity contribution in [1.29, 1.82) is 0 Å². The van der Waals surface area contributed by atoms with Crippen LogP contribution in [-0.2, 0) is 0 Å². The van der Waals surface area contributed by atoms with Gasteiger partial charge in [0.1, 0.15) is 0 Å². The fourth-order valence-corrected chi connectivity index (χ4v) is 2.74. The summed E-state index contributed by atoms with van der Waals surface area (Å²) in [5, 5.41) is 8.66. The Morgan fingerprint density at radius 2 is 1.23 bits per heavy atom. The first kappa shape index (κ1) is 17.8. The van der Waals surface area contributed by atoms with E-state index in [1.165, 1.54) is 11.1 Å². The Balaban J connectivity index is 0.00000196. The zero-order valence-electron chi connectivity index (χ0n) is 14.8. The van der Waals surface area contributed by atoms with E-state index in [0.717, 1.165) is 22.8 Å². The number of hydrazine groups is 2. The molecular formula is C21H21ClN4. The summed E-state index contributed by atoms with van der Waals surface area (Å²) in [5.74, 6) is 0.821. The molecule has 1 N–H and O–H groups in total. The third-order valence-corrected chi connectivity index (χ3v) is 4.19. The van der Waals surface area contributed by atoms with E-state index in [9.17, 15) is 0 Å². The first-order valence-corrected chi connectivity index (χ1v) is 8.35. The number of hydrazone groups is 1. The highest BCUT2D eigenvalue weighted by Crippen LogP contribution is 2.26. The topological polar surface area (TPSA) is 30.9 Å². The zero-order chi connectivity index (χ0) is 17.2. The van der Waals surface area contributed by atoms with Crippen LogP contribution < -0.4 is 15.7 Å². The van der Waals surface area contributed by atoms with Crippen LogP contribution in [-0.4, -0.2) is 5.84 Å². The molecule has 0 amide bonds. The third-order valence-electron chi connectivity index (χ3n) is 4.19. The lowest BCUT2D eigenvalue weighted by Crippen LogP contribution is -2.44. The lowest BCUT2D eigenvalue weighted by atomic mass is 10.2. The quantitative estimate of drug-likeness (QED) is 0.721. The molecule has 1 aliphatic heterocycles. The number of benzene rings is 3. The van der Waals surface area contributed by atoms with E-state index in [-0.39, 0.29) is 12.4 Å². The van der Waals surface area contributed by atoms with Crippen LogP contribution in [0.3, 0.4) is 0 Å². The molecule has 5 heteroatoms. The molecule has 0 bridgehead atoms. The van der Waals surface area contributed by atoms with E-state index < -0.39 is 0 Å². The Morgan fingerprint density at radius 1 is 0.692 bits per heavy atom. The Morgan fingerprint density at radius 3 is 1.81 bits per heavy atom. The molecule has 0 aliphatic carbocycles. The molecule has 3 aromatic carbocycles. The van der Waals surface area contributed by atoms with Crippen LogP contribution in [0.5, 0.6) is 0 Å². The lowest BCUT2D eigenvalue weighted by Gasteiger charge is -2.28. The van der Waals surface area contributed by atoms with Crippen molar-refractivity contribution in [2.45, 2.75) is 13.8 Å². The average Bonchev–Trinajstić information content (AvgIpc) is 3.09. The second-order valence-electron chi connectivity index (χ2n) is 6.20. The maximum absolute atomic E-state index is 4.80. The summed E-state index contributed by atoms with van der Waals surface area (Å²) in [7, 11) is 0. The van der Waals surface area contributed by atoms with Crippen LogP contribution in [0.4, 0.5) is 11.4 Å². The van der Waals surface area contributed by atoms with Crippen molar-refractivity contribution in [1.82, 2.24) is 5.43 Å². The van der Waals surface area contributed by atoms with Crippen molar-refractivity contribution < 1.29 is 0 Å². The predicted molar refractivity (Wildman–Crippen MR) is 111 cm³/mol. The van der Waals surface area contributed by atoms with E-state index in [4.69, 9.17) is 5.10 Å². The number of rotatable bonds is 3. The van der Waals surface area contributed by atoms with Gasteiger partial charge in [0, 0.05) is 5.56 Å². The van der Waals surface area contributed by atoms with Gasteiger partial charge in [0.05, 0.1) is 11.4 Å². The predicted octanol–water partition coefficient (Wildman–Crippen LogP) is 4.83. The van der Waals surface area contributed by atoms with E-state index >= 15 is 0 Å². The van der Waals surface area contributed by atoms with Gasteiger partial charge in [0.15, 0.2) is 5.84 Å². The van der Waals surface area contributed by atoms with E-state index in [0.29, 0.717) is 0 Å². The summed E-state index contributed by atoms with van der Waals surface area (Å²) in [6, 6.07) is 26.9. The maximum atomic E-state index is 4.80. The molecule has 0 saturated heterocycles. The number of aryl methyl sites for hydroxylation is 2. The molecule has 0 radical (unpaired) electrons. The minimum absolute atomic E-state index is 0. The normalized spacial score (nSPS) is 13.1. The molecule has 0 unspecified atom stereocenters. The number of halogens is 1. The number of hydrogen-bond donors (Lipinski definition) is 1. The average molecular weight is 365 g/mol. The van der Waals surface area contributed by atoms with Crippen LogP contribution in [0.1, 0.15) is 16.7 Å². The van der Waals surface area contributed by atoms with Crippen LogP contribution in [0.15, 0.2) is 84.0 Å². The summed E-state index contributed by atoms with van der Waals surface area (Å²) < 4.78 is 0. The van der Waals surface area contributed by atoms with Gasteiger partial charge >= 0.3 is 0 Å². The second kappa shape index (κ2) is 7.50. The smallest absolute Gasteiger partial charge is 0.176 e. The van der Waals surface area contributed by atoms with Gasteiger partial charge in [0.25, 0.3) is 0 Å². The standard InChI is InChI=1S/C21H20N4.ClH/c1-16-8-12-19(13-9-16)24-22-21(18-6-4-3-5-7-18)23-25(24)20-14-10-17(2)11-15-20;/h3-15H,1-2H3,(H,22,23);1H. The maximum Gasteiger partial charge on any atom is 0.176 e. The molecule has 0 aromatic heterocycles. The van der Waals surface area contributed by atoms with Gasteiger partial charge in [-0.3, -0.25) is 5.43 Å². The number of amidine groups is 1. The lowest BCUT2D eigenvalue weighted by molar-refractivity contribution is 0.770. The van der Waals surface area contributed by atoms with Crippen LogP contribution in [0.25, 0.3) is 0 Å². The Bertz CT molecular complexity index is 890. The summed E-state index contributed by atoms with van der Waals surface area (Å²) in [5.41, 5.74) is 8.96. The van der Waals surface area contributed by atoms with Crippen molar-refractivity contribution in [3.8, 4) is 0 Å². The minimum Gasteiger partial charge on any atom is -0.259 e. The molecule has 1 aliphatic rings. The molecular weight excluding hydrogens is 344 g/mol. The van der Waals surface area contributed by atoms with Gasteiger partial charge in [0.2, 0.25) is 0 Å². The third kappa shape index (κ3) is 3.51. The molecule has 3 aromatic rings. The fourth-order valence-electron chi connectivity index (χ4n) is 2.74. The van der Waals surface area contributed by atoms with Gasteiger partial charge < -0.3 is 0 Å². The van der Waals surface area contributed by atoms with Crippen molar-refractivity contribution in [3.05, 3.63) is 95.6 Å². The SMILES string of the molecule is Cc1ccc(N2N=C(c3ccccc3)NN2c2ccc(C)cc2)cc1.Cl. The van der Waals surface area contributed by atoms with E-state index in [1.807, 2.05) is 28.4 Å². The highest BCUT2D eigenvalue weighted by molar-refractivity contribution is 6.02. The molecule has 4 nitrogen and oxygen atoms in total. The van der Waals surface area contributed by atoms with Crippen molar-refractivity contribution in [2.24, 2.45) is 5.10 Å². The van der Waals surface area contributed by atoms with Crippen LogP contribution >= 0.6 is 12.4 Å². The zero-order valence-corrected chi connectivity index (χ0v) is 15.6. The molecule has 26 heavy (non-hydrogen) atoms. The Hall–Kier alpha value is -2.98. The monoisotopic (exact) mass is 364 g/mol. The summed E-state index contributed by atoms with van der Waals surface area (Å²) in [6.45, 7) is 4.17. The summed E-state index contributed by atoms with van der Waals surface area (Å²) >= 11 is 0. The van der Waals surface area contributed by atoms with Gasteiger partial charge in [-0.2, -0.15) is 10.2 Å². The first-order valence-electron chi connectivity index (χ1n) is 8.35. The van der Waals surface area contributed by atoms with Crippen LogP contribution in [0.2, 0.25) is 0 Å². The fraction of sp³-hybridized carbons (Fsp3) is 0.0952. The van der Waals surface area contributed by atoms with E-state index in [2.05, 4.69) is 79.9 Å². The molecule has 0 spiro atoms. The van der Waals surface area contributed by atoms with Crippen LogP contribution in [0, 0.1) is 13.8 Å². The van der Waals surface area contributed by atoms with E-state index in [1.54, 1.807) is 0 Å². The van der Waals surface area contributed by atoms with Crippen molar-refractivity contribution in [2.75, 3.05) is 10.2 Å². The van der Waals surface area contributed by atoms with Gasteiger partial charge in [-0.25, -0.2) is 0 Å². The highest BCUT2D eigenvalue weighted by atomic mass is 35.5. The summed E-state index contributed by atoms with van der Waals surface area (Å²) in [4.78, 5) is 0. The minimum atomic E-state index is 0. The van der Waals surface area contributed by atoms with Crippen molar-refractivity contribution in [3.63, 3.8) is 0 Å². The van der Waals surface area contributed by atoms with Gasteiger partial charge in [-0.1, -0.05) is 65.7 Å². The number of nitrogens with zero attached hydrogens (tertiary/aromatic N) is 3. The Labute approximate surface area is 160 Å². The second-order valence-corrected chi connectivity index (χ2v) is 6.20. The number of hydrogen-bond acceptors (Lipinski definition) is 4. The Kier molecular flexibility index (Phi) is 5.14. The summed E-state index contributed by atoms with van der Waals surface area (Å²) in [6.07, 6.45) is 0. The molecule has 1 heterocycles.